The molecule has 0 radical (unpaired) electrons. The van der Waals surface area contributed by atoms with Crippen molar-refractivity contribution in [1.29, 1.82) is 0 Å². The van der Waals surface area contributed by atoms with Crippen molar-refractivity contribution in [2.75, 3.05) is 6.54 Å². The lowest BCUT2D eigenvalue weighted by atomic mass is 10.1. The van der Waals surface area contributed by atoms with Crippen LogP contribution in [0.4, 0.5) is 4.39 Å². The molecule has 0 spiro atoms. The molecular formula is C8H10Cl3FN2. The largest absolute Gasteiger partial charge is 0.329 e. The Balaban J connectivity index is 0.00000169. The first-order valence-electron chi connectivity index (χ1n) is 3.67. The summed E-state index contributed by atoms with van der Waals surface area (Å²) in [6, 6.07) is 2.26. The first-order chi connectivity index (χ1) is 6.07. The van der Waals surface area contributed by atoms with Crippen molar-refractivity contribution in [2.45, 2.75) is 6.04 Å². The van der Waals surface area contributed by atoms with Crippen LogP contribution in [0, 0.1) is 5.82 Å². The molecule has 1 atom stereocenters. The topological polar surface area (TPSA) is 52.0 Å². The van der Waals surface area contributed by atoms with E-state index in [4.69, 9.17) is 34.7 Å². The summed E-state index contributed by atoms with van der Waals surface area (Å²) in [4.78, 5) is 0. The molecule has 14 heavy (non-hydrogen) atoms. The van der Waals surface area contributed by atoms with Crippen LogP contribution in [-0.4, -0.2) is 6.54 Å². The standard InChI is InChI=1S/C8H9Cl2FN2.ClH/c9-4-1-2-5(10)8(11)7(4)6(13)3-12;/h1-2,6H,3,12-13H2;1H/t6-;/m1./s1. The van der Waals surface area contributed by atoms with Gasteiger partial charge in [-0.1, -0.05) is 23.2 Å². The highest BCUT2D eigenvalue weighted by molar-refractivity contribution is 6.33. The molecular weight excluding hydrogens is 249 g/mol. The lowest BCUT2D eigenvalue weighted by molar-refractivity contribution is 0.585. The highest BCUT2D eigenvalue weighted by Gasteiger charge is 2.16. The molecule has 0 aliphatic rings. The van der Waals surface area contributed by atoms with E-state index in [1.54, 1.807) is 0 Å². The first-order valence-corrected chi connectivity index (χ1v) is 4.42. The molecule has 0 saturated carbocycles. The van der Waals surface area contributed by atoms with Crippen molar-refractivity contribution in [3.8, 4) is 0 Å². The van der Waals surface area contributed by atoms with E-state index in [0.29, 0.717) is 0 Å². The predicted octanol–water partition coefficient (Wildman–Crippen LogP) is 2.51. The summed E-state index contributed by atoms with van der Waals surface area (Å²) in [7, 11) is 0. The monoisotopic (exact) mass is 258 g/mol. The quantitative estimate of drug-likeness (QED) is 0.802. The molecule has 1 aromatic rings. The number of rotatable bonds is 2. The van der Waals surface area contributed by atoms with Gasteiger partial charge in [-0.2, -0.15) is 0 Å². The van der Waals surface area contributed by atoms with Crippen LogP contribution < -0.4 is 11.5 Å². The molecule has 4 N–H and O–H groups in total. The minimum Gasteiger partial charge on any atom is -0.329 e. The van der Waals surface area contributed by atoms with E-state index >= 15 is 0 Å². The van der Waals surface area contributed by atoms with E-state index in [-0.39, 0.29) is 34.6 Å². The Morgan fingerprint density at radius 2 is 1.79 bits per heavy atom. The summed E-state index contributed by atoms with van der Waals surface area (Å²) >= 11 is 11.3. The van der Waals surface area contributed by atoms with E-state index in [2.05, 4.69) is 0 Å². The molecule has 0 aliphatic heterocycles. The lowest BCUT2D eigenvalue weighted by Crippen LogP contribution is -2.22. The summed E-state index contributed by atoms with van der Waals surface area (Å²) in [5, 5.41) is 0.253. The second-order valence-electron chi connectivity index (χ2n) is 2.60. The van der Waals surface area contributed by atoms with Crippen LogP contribution in [-0.2, 0) is 0 Å². The molecule has 0 aromatic heterocycles. The summed E-state index contributed by atoms with van der Waals surface area (Å²) in [6.45, 7) is 0.122. The molecule has 0 saturated heterocycles. The molecule has 80 valence electrons. The van der Waals surface area contributed by atoms with Gasteiger partial charge >= 0.3 is 0 Å². The number of nitrogens with two attached hydrogens (primary N) is 2. The Hall–Kier alpha value is -0.0600. The van der Waals surface area contributed by atoms with E-state index in [1.165, 1.54) is 12.1 Å². The summed E-state index contributed by atoms with van der Waals surface area (Å²) in [5.41, 5.74) is 11.0. The Bertz CT molecular complexity index is 320. The molecule has 0 bridgehead atoms. The molecule has 0 amide bonds. The van der Waals surface area contributed by atoms with Crippen molar-refractivity contribution in [3.05, 3.63) is 33.6 Å². The smallest absolute Gasteiger partial charge is 0.148 e. The van der Waals surface area contributed by atoms with Crippen LogP contribution in [0.3, 0.4) is 0 Å². The van der Waals surface area contributed by atoms with E-state index in [0.717, 1.165) is 0 Å². The summed E-state index contributed by atoms with van der Waals surface area (Å²) < 4.78 is 13.3. The van der Waals surface area contributed by atoms with Crippen LogP contribution in [0.2, 0.25) is 10.0 Å². The van der Waals surface area contributed by atoms with Gasteiger partial charge in [-0.05, 0) is 12.1 Å². The number of halogens is 4. The molecule has 6 heteroatoms. The fourth-order valence-electron chi connectivity index (χ4n) is 1.00. The van der Waals surface area contributed by atoms with Crippen LogP contribution in [0.15, 0.2) is 12.1 Å². The van der Waals surface area contributed by atoms with Crippen molar-refractivity contribution in [1.82, 2.24) is 0 Å². The van der Waals surface area contributed by atoms with Crippen LogP contribution in [0.1, 0.15) is 11.6 Å². The molecule has 0 fully saturated rings. The van der Waals surface area contributed by atoms with Gasteiger partial charge in [-0.3, -0.25) is 0 Å². The number of hydrogen-bond donors (Lipinski definition) is 2. The van der Waals surface area contributed by atoms with Gasteiger partial charge in [-0.15, -0.1) is 12.4 Å². The maximum atomic E-state index is 13.3. The minimum absolute atomic E-state index is 0. The lowest BCUT2D eigenvalue weighted by Gasteiger charge is -2.12. The SMILES string of the molecule is Cl.NC[C@@H](N)c1c(Cl)ccc(Cl)c1F. The zero-order chi connectivity index (χ0) is 10.0. The van der Waals surface area contributed by atoms with E-state index in [1.807, 2.05) is 0 Å². The Labute approximate surface area is 97.8 Å². The highest BCUT2D eigenvalue weighted by atomic mass is 35.5. The highest BCUT2D eigenvalue weighted by Crippen LogP contribution is 2.28. The second-order valence-corrected chi connectivity index (χ2v) is 3.41. The van der Waals surface area contributed by atoms with Gasteiger partial charge in [0.15, 0.2) is 0 Å². The second kappa shape index (κ2) is 5.73. The first kappa shape index (κ1) is 13.9. The van der Waals surface area contributed by atoms with Gasteiger partial charge in [0.05, 0.1) is 5.02 Å². The summed E-state index contributed by atoms with van der Waals surface area (Å²) in [5.74, 6) is -0.591. The average Bonchev–Trinajstić information content (AvgIpc) is 2.12. The average molecular weight is 260 g/mol. The Morgan fingerprint density at radius 1 is 1.29 bits per heavy atom. The molecule has 0 unspecified atom stereocenters. The molecule has 1 aromatic carbocycles. The zero-order valence-corrected chi connectivity index (χ0v) is 9.46. The van der Waals surface area contributed by atoms with Crippen LogP contribution >= 0.6 is 35.6 Å². The number of hydrogen-bond acceptors (Lipinski definition) is 2. The Kier molecular flexibility index (Phi) is 5.71. The van der Waals surface area contributed by atoms with Crippen molar-refractivity contribution in [2.24, 2.45) is 11.5 Å². The van der Waals surface area contributed by atoms with E-state index in [9.17, 15) is 4.39 Å². The minimum atomic E-state index is -0.619. The van der Waals surface area contributed by atoms with Gasteiger partial charge in [-0.25, -0.2) is 4.39 Å². The number of benzene rings is 1. The fourth-order valence-corrected chi connectivity index (χ4v) is 1.45. The molecule has 0 aliphatic carbocycles. The third kappa shape index (κ3) is 2.72. The van der Waals surface area contributed by atoms with Crippen molar-refractivity contribution < 1.29 is 4.39 Å². The van der Waals surface area contributed by atoms with Crippen LogP contribution in [0.5, 0.6) is 0 Å². The molecule has 0 heterocycles. The zero-order valence-electron chi connectivity index (χ0n) is 7.14. The van der Waals surface area contributed by atoms with Gasteiger partial charge < -0.3 is 11.5 Å². The maximum absolute atomic E-state index is 13.3. The fraction of sp³-hybridized carbons (Fsp3) is 0.250. The maximum Gasteiger partial charge on any atom is 0.148 e. The Morgan fingerprint density at radius 3 is 2.29 bits per heavy atom. The third-order valence-corrected chi connectivity index (χ3v) is 2.33. The molecule has 2 nitrogen and oxygen atoms in total. The van der Waals surface area contributed by atoms with Gasteiger partial charge in [0, 0.05) is 23.2 Å². The molecule has 1 rings (SSSR count). The van der Waals surface area contributed by atoms with Gasteiger partial charge in [0.25, 0.3) is 0 Å². The van der Waals surface area contributed by atoms with E-state index < -0.39 is 11.9 Å². The van der Waals surface area contributed by atoms with Gasteiger partial charge in [0.2, 0.25) is 0 Å². The predicted molar refractivity (Wildman–Crippen MR) is 59.7 cm³/mol. The normalized spacial score (nSPS) is 12.1. The van der Waals surface area contributed by atoms with Crippen molar-refractivity contribution >= 4 is 35.6 Å². The van der Waals surface area contributed by atoms with Crippen LogP contribution in [0.25, 0.3) is 0 Å². The van der Waals surface area contributed by atoms with Gasteiger partial charge in [0.1, 0.15) is 5.82 Å². The summed E-state index contributed by atoms with van der Waals surface area (Å²) in [6.07, 6.45) is 0. The van der Waals surface area contributed by atoms with Crippen molar-refractivity contribution in [3.63, 3.8) is 0 Å². The third-order valence-electron chi connectivity index (χ3n) is 1.70.